The number of hydrogen-bond acceptors (Lipinski definition) is 2. The first-order valence-electron chi connectivity index (χ1n) is 7.65. The first kappa shape index (κ1) is 14.2. The summed E-state index contributed by atoms with van der Waals surface area (Å²) in [4.78, 5) is 14.4. The van der Waals surface area contributed by atoms with Gasteiger partial charge in [-0.1, -0.05) is 24.3 Å². The number of carboxylic acid groups (broad SMARTS) is 1. The van der Waals surface area contributed by atoms with Crippen LogP contribution in [0.15, 0.2) is 72.8 Å². The number of aromatic amines is 1. The summed E-state index contributed by atoms with van der Waals surface area (Å²) in [6.07, 6.45) is 0. The maximum atomic E-state index is 11.0. The van der Waals surface area contributed by atoms with Crippen LogP contribution in [0.25, 0.3) is 21.8 Å². The Hall–Kier alpha value is -3.40. The van der Waals surface area contributed by atoms with Crippen molar-refractivity contribution in [3.8, 4) is 0 Å². The van der Waals surface area contributed by atoms with E-state index in [4.69, 9.17) is 5.11 Å². The molecule has 1 aromatic heterocycles. The molecule has 0 atom stereocenters. The highest BCUT2D eigenvalue weighted by Crippen LogP contribution is 2.31. The first-order valence-corrected chi connectivity index (χ1v) is 7.65. The monoisotopic (exact) mass is 315 g/mol. The minimum Gasteiger partial charge on any atom is -0.478 e. The number of hydrogen-bond donors (Lipinski definition) is 2. The van der Waals surface area contributed by atoms with Crippen molar-refractivity contribution in [3.05, 3.63) is 78.4 Å². The zero-order valence-corrected chi connectivity index (χ0v) is 12.8. The van der Waals surface area contributed by atoms with Crippen LogP contribution < -0.4 is 10.3 Å². The number of fused-ring (bicyclic) bond motifs is 2. The third kappa shape index (κ3) is 2.44. The lowest BCUT2D eigenvalue weighted by Gasteiger charge is -2.10. The molecule has 4 heteroatoms. The van der Waals surface area contributed by atoms with Gasteiger partial charge >= 0.3 is 5.97 Å². The van der Waals surface area contributed by atoms with Crippen molar-refractivity contribution in [3.63, 3.8) is 0 Å². The highest BCUT2D eigenvalue weighted by molar-refractivity contribution is 6.06. The fourth-order valence-corrected chi connectivity index (χ4v) is 2.89. The molecule has 3 aromatic carbocycles. The largest absolute Gasteiger partial charge is 0.478 e. The van der Waals surface area contributed by atoms with E-state index in [2.05, 4.69) is 22.4 Å². The second-order valence-electron chi connectivity index (χ2n) is 5.60. The van der Waals surface area contributed by atoms with E-state index in [1.165, 1.54) is 0 Å². The second kappa shape index (κ2) is 5.66. The second-order valence-corrected chi connectivity index (χ2v) is 5.60. The van der Waals surface area contributed by atoms with Gasteiger partial charge in [0.2, 0.25) is 11.0 Å². The predicted molar refractivity (Wildman–Crippen MR) is 94.7 cm³/mol. The van der Waals surface area contributed by atoms with Crippen LogP contribution >= 0.6 is 0 Å². The van der Waals surface area contributed by atoms with Crippen molar-refractivity contribution >= 4 is 39.1 Å². The van der Waals surface area contributed by atoms with Gasteiger partial charge < -0.3 is 10.4 Å². The van der Waals surface area contributed by atoms with Crippen molar-refractivity contribution < 1.29 is 14.9 Å². The molecule has 0 saturated carbocycles. The minimum absolute atomic E-state index is 0.275. The number of anilines is 2. The highest BCUT2D eigenvalue weighted by atomic mass is 16.4. The third-order valence-corrected chi connectivity index (χ3v) is 4.06. The van der Waals surface area contributed by atoms with Gasteiger partial charge in [0.25, 0.3) is 0 Å². The van der Waals surface area contributed by atoms with E-state index in [0.29, 0.717) is 0 Å². The number of nitrogens with one attached hydrogen (secondary N) is 2. The summed E-state index contributed by atoms with van der Waals surface area (Å²) in [6.45, 7) is 0. The molecular formula is C20H15N2O2+. The number of aromatic nitrogens is 1. The van der Waals surface area contributed by atoms with Crippen LogP contribution in [0.3, 0.4) is 0 Å². The van der Waals surface area contributed by atoms with Gasteiger partial charge in [0.05, 0.1) is 22.0 Å². The van der Waals surface area contributed by atoms with Crippen LogP contribution in [0.2, 0.25) is 0 Å². The van der Waals surface area contributed by atoms with E-state index in [0.717, 1.165) is 33.2 Å². The van der Waals surface area contributed by atoms with Crippen LogP contribution in [0.1, 0.15) is 10.4 Å². The maximum absolute atomic E-state index is 11.0. The normalized spacial score (nSPS) is 10.8. The van der Waals surface area contributed by atoms with E-state index in [-0.39, 0.29) is 5.56 Å². The average Bonchev–Trinajstić information content (AvgIpc) is 2.62. The van der Waals surface area contributed by atoms with Gasteiger partial charge in [-0.05, 0) is 36.4 Å². The number of para-hydroxylation sites is 2. The van der Waals surface area contributed by atoms with Crippen molar-refractivity contribution in [1.29, 1.82) is 0 Å². The van der Waals surface area contributed by atoms with Crippen molar-refractivity contribution in [2.24, 2.45) is 0 Å². The Morgan fingerprint density at radius 3 is 1.88 bits per heavy atom. The molecule has 0 saturated heterocycles. The van der Waals surface area contributed by atoms with E-state index >= 15 is 0 Å². The molecule has 0 aliphatic carbocycles. The molecule has 0 spiro atoms. The number of aromatic carboxylic acids is 1. The van der Waals surface area contributed by atoms with Crippen LogP contribution in [-0.4, -0.2) is 11.1 Å². The quantitative estimate of drug-likeness (QED) is 0.556. The first-order chi connectivity index (χ1) is 11.7. The molecule has 116 valence electrons. The number of pyridine rings is 1. The maximum Gasteiger partial charge on any atom is 0.335 e. The Morgan fingerprint density at radius 2 is 1.33 bits per heavy atom. The Bertz CT molecular complexity index is 1000. The molecule has 0 aliphatic rings. The van der Waals surface area contributed by atoms with Gasteiger partial charge in [-0.2, -0.15) is 0 Å². The predicted octanol–water partition coefficient (Wildman–Crippen LogP) is 4.25. The molecule has 0 fully saturated rings. The molecule has 0 bridgehead atoms. The fraction of sp³-hybridized carbons (Fsp3) is 0. The summed E-state index contributed by atoms with van der Waals surface area (Å²) in [5, 5.41) is 14.6. The van der Waals surface area contributed by atoms with Crippen LogP contribution in [-0.2, 0) is 0 Å². The molecule has 24 heavy (non-hydrogen) atoms. The SMILES string of the molecule is O=C(O)c1ccc(Nc2c3ccccc3[nH+]c3ccccc23)cc1. The summed E-state index contributed by atoms with van der Waals surface area (Å²) in [6, 6.07) is 23.0. The molecule has 4 nitrogen and oxygen atoms in total. The Kier molecular flexibility index (Phi) is 3.35. The molecule has 0 amide bonds. The van der Waals surface area contributed by atoms with Crippen LogP contribution in [0, 0.1) is 0 Å². The standard InChI is InChI=1S/C20H14N2O2/c23-20(24)13-9-11-14(12-10-13)21-19-15-5-1-3-7-17(15)22-18-8-4-2-6-16(18)19/h1-12H,(H,21,22)(H,23,24)/p+1. The number of rotatable bonds is 3. The van der Waals surface area contributed by atoms with E-state index in [1.54, 1.807) is 24.3 Å². The molecular weight excluding hydrogens is 300 g/mol. The summed E-state index contributed by atoms with van der Waals surface area (Å²) in [7, 11) is 0. The lowest BCUT2D eigenvalue weighted by molar-refractivity contribution is -0.310. The number of H-pyrrole nitrogens is 1. The molecule has 4 rings (SSSR count). The van der Waals surface area contributed by atoms with Gasteiger partial charge in [-0.3, -0.25) is 0 Å². The Morgan fingerprint density at radius 1 is 0.792 bits per heavy atom. The zero-order valence-electron chi connectivity index (χ0n) is 12.8. The third-order valence-electron chi connectivity index (χ3n) is 4.06. The topological polar surface area (TPSA) is 63.5 Å². The average molecular weight is 315 g/mol. The van der Waals surface area contributed by atoms with Gasteiger partial charge in [0.1, 0.15) is 0 Å². The van der Waals surface area contributed by atoms with Crippen LogP contribution in [0.4, 0.5) is 11.4 Å². The summed E-state index contributed by atoms with van der Waals surface area (Å²) in [5.41, 5.74) is 4.21. The van der Waals surface area contributed by atoms with E-state index in [9.17, 15) is 4.79 Å². The minimum atomic E-state index is -0.924. The van der Waals surface area contributed by atoms with Crippen LogP contribution in [0.5, 0.6) is 0 Å². The van der Waals surface area contributed by atoms with Gasteiger partial charge in [0, 0.05) is 17.8 Å². The molecule has 1 heterocycles. The zero-order chi connectivity index (χ0) is 16.5. The molecule has 4 aromatic rings. The molecule has 3 N–H and O–H groups in total. The van der Waals surface area contributed by atoms with E-state index in [1.807, 2.05) is 36.4 Å². The van der Waals surface area contributed by atoms with Crippen molar-refractivity contribution in [1.82, 2.24) is 0 Å². The van der Waals surface area contributed by atoms with Crippen molar-refractivity contribution in [2.45, 2.75) is 0 Å². The van der Waals surface area contributed by atoms with E-state index < -0.39 is 5.97 Å². The molecule has 0 radical (unpaired) electrons. The lowest BCUT2D eigenvalue weighted by atomic mass is 10.1. The summed E-state index contributed by atoms with van der Waals surface area (Å²) >= 11 is 0. The highest BCUT2D eigenvalue weighted by Gasteiger charge is 2.13. The number of benzene rings is 3. The molecule has 0 aliphatic heterocycles. The number of carboxylic acids is 1. The Labute approximate surface area is 138 Å². The van der Waals surface area contributed by atoms with Gasteiger partial charge in [-0.25, -0.2) is 9.78 Å². The van der Waals surface area contributed by atoms with Gasteiger partial charge in [-0.15, -0.1) is 0 Å². The summed E-state index contributed by atoms with van der Waals surface area (Å²) < 4.78 is 0. The lowest BCUT2D eigenvalue weighted by Crippen LogP contribution is -2.07. The Balaban J connectivity index is 1.88. The smallest absolute Gasteiger partial charge is 0.335 e. The fourth-order valence-electron chi connectivity index (χ4n) is 2.89. The number of carbonyl (C=O) groups is 1. The molecule has 0 unspecified atom stereocenters. The van der Waals surface area contributed by atoms with Crippen molar-refractivity contribution in [2.75, 3.05) is 5.32 Å². The van der Waals surface area contributed by atoms with Gasteiger partial charge in [0.15, 0.2) is 0 Å². The summed E-state index contributed by atoms with van der Waals surface area (Å²) in [5.74, 6) is -0.924.